The standard InChI is InChI=1S/C16H24F3N3O2.HI/c1-4-20-15(21-9-8-16(17,18)19)22-11-12-6-7-13(23-3)14(10-12)24-5-2;/h6-7,10H,4-5,8-9,11H2,1-3H3,(H2,20,21,22);1H. The summed E-state index contributed by atoms with van der Waals surface area (Å²) in [6.45, 7) is 4.88. The summed E-state index contributed by atoms with van der Waals surface area (Å²) in [5.74, 6) is 1.58. The topological polar surface area (TPSA) is 54.9 Å². The molecule has 0 bridgehead atoms. The summed E-state index contributed by atoms with van der Waals surface area (Å²) in [5, 5.41) is 5.59. The maximum absolute atomic E-state index is 12.2. The number of ether oxygens (including phenoxy) is 2. The van der Waals surface area contributed by atoms with E-state index in [0.717, 1.165) is 5.56 Å². The zero-order chi connectivity index (χ0) is 18.0. The van der Waals surface area contributed by atoms with Crippen molar-refractivity contribution in [1.29, 1.82) is 0 Å². The number of hydrogen-bond donors (Lipinski definition) is 2. The zero-order valence-electron chi connectivity index (χ0n) is 14.6. The van der Waals surface area contributed by atoms with Crippen LogP contribution in [-0.2, 0) is 6.54 Å². The number of rotatable bonds is 8. The number of aliphatic imine (C=N–C) groups is 1. The molecule has 0 radical (unpaired) electrons. The molecule has 1 rings (SSSR count). The van der Waals surface area contributed by atoms with Gasteiger partial charge in [-0.15, -0.1) is 24.0 Å². The van der Waals surface area contributed by atoms with Gasteiger partial charge in [-0.25, -0.2) is 4.99 Å². The number of alkyl halides is 3. The van der Waals surface area contributed by atoms with E-state index in [-0.39, 0.29) is 30.5 Å². The third kappa shape index (κ3) is 9.61. The van der Waals surface area contributed by atoms with Crippen LogP contribution in [0.1, 0.15) is 25.8 Å². The number of hydrogen-bond acceptors (Lipinski definition) is 3. The van der Waals surface area contributed by atoms with Crippen LogP contribution >= 0.6 is 24.0 Å². The van der Waals surface area contributed by atoms with Gasteiger partial charge in [0.25, 0.3) is 0 Å². The lowest BCUT2D eigenvalue weighted by Gasteiger charge is -2.13. The van der Waals surface area contributed by atoms with Crippen LogP contribution in [0.25, 0.3) is 0 Å². The summed E-state index contributed by atoms with van der Waals surface area (Å²) < 4.78 is 47.3. The summed E-state index contributed by atoms with van der Waals surface area (Å²) in [4.78, 5) is 4.29. The molecule has 0 aliphatic heterocycles. The Morgan fingerprint density at radius 2 is 1.88 bits per heavy atom. The van der Waals surface area contributed by atoms with Crippen molar-refractivity contribution in [2.75, 3.05) is 26.8 Å². The molecule has 0 heterocycles. The highest BCUT2D eigenvalue weighted by molar-refractivity contribution is 14.0. The SMILES string of the molecule is CCNC(=NCc1ccc(OC)c(OCC)c1)NCCC(F)(F)F.I. The Morgan fingerprint density at radius 3 is 2.44 bits per heavy atom. The first-order valence-electron chi connectivity index (χ1n) is 7.78. The second-order valence-corrected chi connectivity index (χ2v) is 4.91. The highest BCUT2D eigenvalue weighted by atomic mass is 127. The predicted molar refractivity (Wildman–Crippen MR) is 103 cm³/mol. The van der Waals surface area contributed by atoms with Crippen molar-refractivity contribution in [3.05, 3.63) is 23.8 Å². The van der Waals surface area contributed by atoms with E-state index >= 15 is 0 Å². The molecule has 0 saturated carbocycles. The third-order valence-electron chi connectivity index (χ3n) is 2.99. The van der Waals surface area contributed by atoms with E-state index < -0.39 is 12.6 Å². The normalized spacial score (nSPS) is 11.5. The second-order valence-electron chi connectivity index (χ2n) is 4.91. The minimum absolute atomic E-state index is 0. The molecule has 0 amide bonds. The molecule has 0 spiro atoms. The minimum atomic E-state index is -4.19. The Labute approximate surface area is 163 Å². The molecule has 144 valence electrons. The lowest BCUT2D eigenvalue weighted by molar-refractivity contribution is -0.132. The van der Waals surface area contributed by atoms with Crippen LogP contribution in [0.3, 0.4) is 0 Å². The molecule has 0 fully saturated rings. The van der Waals surface area contributed by atoms with E-state index in [1.165, 1.54) is 0 Å². The minimum Gasteiger partial charge on any atom is -0.493 e. The summed E-state index contributed by atoms with van der Waals surface area (Å²) in [5.41, 5.74) is 0.868. The molecule has 1 aromatic rings. The smallest absolute Gasteiger partial charge is 0.390 e. The Morgan fingerprint density at radius 1 is 1.16 bits per heavy atom. The average molecular weight is 475 g/mol. The van der Waals surface area contributed by atoms with Crippen molar-refractivity contribution in [3.63, 3.8) is 0 Å². The molecule has 1 aromatic carbocycles. The quantitative estimate of drug-likeness (QED) is 0.342. The number of nitrogens with one attached hydrogen (secondary N) is 2. The molecule has 0 unspecified atom stereocenters. The monoisotopic (exact) mass is 475 g/mol. The average Bonchev–Trinajstić information content (AvgIpc) is 2.52. The van der Waals surface area contributed by atoms with Gasteiger partial charge in [-0.05, 0) is 31.5 Å². The van der Waals surface area contributed by atoms with Gasteiger partial charge in [-0.3, -0.25) is 0 Å². The first-order chi connectivity index (χ1) is 11.4. The van der Waals surface area contributed by atoms with Crippen molar-refractivity contribution < 1.29 is 22.6 Å². The van der Waals surface area contributed by atoms with E-state index in [9.17, 15) is 13.2 Å². The molecule has 0 aromatic heterocycles. The van der Waals surface area contributed by atoms with E-state index in [4.69, 9.17) is 9.47 Å². The van der Waals surface area contributed by atoms with Crippen molar-refractivity contribution in [2.24, 2.45) is 4.99 Å². The Hall–Kier alpha value is -1.39. The highest BCUT2D eigenvalue weighted by Gasteiger charge is 2.26. The fourth-order valence-electron chi connectivity index (χ4n) is 1.92. The molecular weight excluding hydrogens is 450 g/mol. The molecule has 9 heteroatoms. The summed E-state index contributed by atoms with van der Waals surface area (Å²) in [7, 11) is 1.56. The first kappa shape index (κ1) is 23.6. The second kappa shape index (κ2) is 12.0. The van der Waals surface area contributed by atoms with Gasteiger partial charge >= 0.3 is 6.18 Å². The van der Waals surface area contributed by atoms with Gasteiger partial charge in [-0.2, -0.15) is 13.2 Å². The van der Waals surface area contributed by atoms with Crippen LogP contribution in [0, 0.1) is 0 Å². The summed E-state index contributed by atoms with van der Waals surface area (Å²) in [6, 6.07) is 5.43. The molecule has 0 saturated heterocycles. The van der Waals surface area contributed by atoms with E-state index in [0.29, 0.717) is 37.2 Å². The van der Waals surface area contributed by atoms with Crippen LogP contribution in [0.15, 0.2) is 23.2 Å². The van der Waals surface area contributed by atoms with E-state index in [1.54, 1.807) is 13.2 Å². The van der Waals surface area contributed by atoms with E-state index in [1.807, 2.05) is 26.0 Å². The Balaban J connectivity index is 0.00000576. The zero-order valence-corrected chi connectivity index (χ0v) is 16.9. The van der Waals surface area contributed by atoms with Gasteiger partial charge in [0.05, 0.1) is 26.7 Å². The van der Waals surface area contributed by atoms with Gasteiger partial charge in [0.15, 0.2) is 17.5 Å². The summed E-state index contributed by atoms with van der Waals surface area (Å²) >= 11 is 0. The molecule has 5 nitrogen and oxygen atoms in total. The first-order valence-corrected chi connectivity index (χ1v) is 7.78. The Bertz CT molecular complexity index is 540. The maximum Gasteiger partial charge on any atom is 0.390 e. The van der Waals surface area contributed by atoms with Gasteiger partial charge in [-0.1, -0.05) is 6.07 Å². The lowest BCUT2D eigenvalue weighted by atomic mass is 10.2. The molecule has 0 atom stereocenters. The lowest BCUT2D eigenvalue weighted by Crippen LogP contribution is -2.38. The van der Waals surface area contributed by atoms with Crippen molar-refractivity contribution in [3.8, 4) is 11.5 Å². The van der Waals surface area contributed by atoms with Crippen LogP contribution in [0.5, 0.6) is 11.5 Å². The number of methoxy groups -OCH3 is 1. The fourth-order valence-corrected chi connectivity index (χ4v) is 1.92. The van der Waals surface area contributed by atoms with Gasteiger partial charge < -0.3 is 20.1 Å². The van der Waals surface area contributed by atoms with Crippen LogP contribution in [-0.4, -0.2) is 38.9 Å². The fraction of sp³-hybridized carbons (Fsp3) is 0.562. The van der Waals surface area contributed by atoms with Crippen molar-refractivity contribution >= 4 is 29.9 Å². The van der Waals surface area contributed by atoms with Gasteiger partial charge in [0, 0.05) is 13.1 Å². The molecule has 2 N–H and O–H groups in total. The van der Waals surface area contributed by atoms with Crippen molar-refractivity contribution in [2.45, 2.75) is 33.0 Å². The molecule has 0 aliphatic carbocycles. The Kier molecular flexibility index (Phi) is 11.4. The molecule has 0 aliphatic rings. The summed E-state index contributed by atoms with van der Waals surface area (Å²) in [6.07, 6.45) is -5.10. The van der Waals surface area contributed by atoms with Crippen LogP contribution in [0.4, 0.5) is 13.2 Å². The molecular formula is C16H25F3IN3O2. The number of benzene rings is 1. The van der Waals surface area contributed by atoms with E-state index in [2.05, 4.69) is 15.6 Å². The predicted octanol–water partition coefficient (Wildman–Crippen LogP) is 3.72. The number of guanidine groups is 1. The highest BCUT2D eigenvalue weighted by Crippen LogP contribution is 2.28. The van der Waals surface area contributed by atoms with Crippen LogP contribution in [0.2, 0.25) is 0 Å². The van der Waals surface area contributed by atoms with Crippen LogP contribution < -0.4 is 20.1 Å². The molecule has 25 heavy (non-hydrogen) atoms. The van der Waals surface area contributed by atoms with Gasteiger partial charge in [0.2, 0.25) is 0 Å². The number of nitrogens with zero attached hydrogens (tertiary/aromatic N) is 1. The maximum atomic E-state index is 12.2. The van der Waals surface area contributed by atoms with Gasteiger partial charge in [0.1, 0.15) is 0 Å². The largest absolute Gasteiger partial charge is 0.493 e. The van der Waals surface area contributed by atoms with Crippen molar-refractivity contribution in [1.82, 2.24) is 10.6 Å². The third-order valence-corrected chi connectivity index (χ3v) is 2.99. The number of halogens is 4.